The van der Waals surface area contributed by atoms with Crippen molar-refractivity contribution in [2.24, 2.45) is 15.9 Å². The predicted octanol–water partition coefficient (Wildman–Crippen LogP) is 3.61. The van der Waals surface area contributed by atoms with Crippen molar-refractivity contribution in [2.45, 2.75) is 38.2 Å². The van der Waals surface area contributed by atoms with Gasteiger partial charge in [-0.15, -0.1) is 0 Å². The third-order valence-electron chi connectivity index (χ3n) is 4.30. The van der Waals surface area contributed by atoms with E-state index in [0.717, 1.165) is 0 Å². The Morgan fingerprint density at radius 3 is 2.66 bits per heavy atom. The summed E-state index contributed by atoms with van der Waals surface area (Å²) in [6.07, 6.45) is 1.77. The first kappa shape index (κ1) is 23.3. The van der Waals surface area contributed by atoms with Gasteiger partial charge in [-0.1, -0.05) is 47.6 Å². The number of nitrogens with zero attached hydrogens (tertiary/aromatic N) is 2. The van der Waals surface area contributed by atoms with E-state index in [-0.39, 0.29) is 36.9 Å². The Morgan fingerprint density at radius 1 is 1.31 bits per heavy atom. The number of amidine groups is 1. The van der Waals surface area contributed by atoms with Crippen molar-refractivity contribution in [3.8, 4) is 0 Å². The first-order valence-electron chi connectivity index (χ1n) is 9.09. The number of carbonyl (C=O) groups is 2. The number of urea groups is 1. The molecular weight excluding hydrogens is 463 g/mol. The van der Waals surface area contributed by atoms with E-state index in [4.69, 9.17) is 4.74 Å². The summed E-state index contributed by atoms with van der Waals surface area (Å²) in [6.45, 7) is 6.21. The molecule has 2 N–H and O–H groups in total. The van der Waals surface area contributed by atoms with Gasteiger partial charge in [0.25, 0.3) is 5.91 Å². The molecule has 1 aromatic rings. The van der Waals surface area contributed by atoms with Crippen molar-refractivity contribution in [3.63, 3.8) is 0 Å². The molecule has 0 radical (unpaired) electrons. The Morgan fingerprint density at radius 2 is 2.03 bits per heavy atom. The third-order valence-corrected chi connectivity index (χ3v) is 6.45. The lowest BCUT2D eigenvalue weighted by molar-refractivity contribution is -0.119. The molecule has 158 valence electrons. The highest BCUT2D eigenvalue weighted by Crippen LogP contribution is 2.35. The van der Waals surface area contributed by atoms with Crippen molar-refractivity contribution < 1.29 is 18.7 Å². The van der Waals surface area contributed by atoms with E-state index >= 15 is 0 Å². The van der Waals surface area contributed by atoms with Crippen molar-refractivity contribution in [1.82, 2.24) is 10.6 Å². The number of ether oxygens (including phenoxy) is 1. The minimum absolute atomic E-state index is 0.0561. The maximum atomic E-state index is 13.7. The van der Waals surface area contributed by atoms with Gasteiger partial charge >= 0.3 is 6.03 Å². The summed E-state index contributed by atoms with van der Waals surface area (Å²) >= 11 is 4.72. The number of nitrogens with one attached hydrogen (secondary N) is 2. The van der Waals surface area contributed by atoms with Crippen molar-refractivity contribution in [3.05, 3.63) is 35.1 Å². The van der Waals surface area contributed by atoms with Gasteiger partial charge in [-0.05, 0) is 42.4 Å². The number of carbonyl (C=O) groups excluding carboxylic acids is 2. The van der Waals surface area contributed by atoms with Gasteiger partial charge in [0.15, 0.2) is 9.49 Å². The quantitative estimate of drug-likeness (QED) is 0.600. The first-order chi connectivity index (χ1) is 13.7. The summed E-state index contributed by atoms with van der Waals surface area (Å²) < 4.78 is 18.5. The van der Waals surface area contributed by atoms with Crippen LogP contribution in [0.15, 0.2) is 28.2 Å². The molecule has 1 heterocycles. The first-order valence-corrected chi connectivity index (χ1v) is 11.1. The smallest absolute Gasteiger partial charge is 0.315 e. The number of alkyl halides is 1. The van der Waals surface area contributed by atoms with Crippen LogP contribution in [-0.2, 0) is 22.7 Å². The zero-order valence-corrected chi connectivity index (χ0v) is 19.1. The molecule has 0 saturated carbocycles. The molecule has 1 aliphatic heterocycles. The zero-order valence-electron chi connectivity index (χ0n) is 16.7. The molecule has 0 aromatic heterocycles. The summed E-state index contributed by atoms with van der Waals surface area (Å²) in [6, 6.07) is 3.91. The van der Waals surface area contributed by atoms with Gasteiger partial charge in [-0.3, -0.25) is 4.79 Å². The molecule has 0 saturated heterocycles. The van der Waals surface area contributed by atoms with E-state index in [1.165, 1.54) is 23.9 Å². The summed E-state index contributed by atoms with van der Waals surface area (Å²) in [4.78, 5) is 32.6. The van der Waals surface area contributed by atoms with Crippen molar-refractivity contribution >= 4 is 50.7 Å². The van der Waals surface area contributed by atoms with Crippen LogP contribution >= 0.6 is 27.7 Å². The molecule has 2 rings (SSSR count). The predicted molar refractivity (Wildman–Crippen MR) is 117 cm³/mol. The lowest BCUT2D eigenvalue weighted by atomic mass is 9.94. The molecule has 0 spiro atoms. The second kappa shape index (κ2) is 10.2. The maximum absolute atomic E-state index is 13.7. The van der Waals surface area contributed by atoms with Crippen LogP contribution < -0.4 is 10.6 Å². The average Bonchev–Trinajstić information content (AvgIpc) is 2.68. The molecule has 3 amide bonds. The van der Waals surface area contributed by atoms with Crippen LogP contribution in [0.2, 0.25) is 0 Å². The fraction of sp³-hybridized carbons (Fsp3) is 0.474. The fourth-order valence-electron chi connectivity index (χ4n) is 2.62. The summed E-state index contributed by atoms with van der Waals surface area (Å²) in [5.74, 6) is -0.739. The Bertz CT molecular complexity index is 847. The number of rotatable bonds is 6. The Labute approximate surface area is 182 Å². The van der Waals surface area contributed by atoms with E-state index in [2.05, 4.69) is 36.5 Å². The Hall–Kier alpha value is -1.94. The van der Waals surface area contributed by atoms with Crippen LogP contribution in [0.3, 0.4) is 0 Å². The van der Waals surface area contributed by atoms with Gasteiger partial charge in [0, 0.05) is 13.1 Å². The highest BCUT2D eigenvalue weighted by atomic mass is 79.9. The molecule has 0 fully saturated rings. The van der Waals surface area contributed by atoms with Crippen molar-refractivity contribution in [1.29, 1.82) is 0 Å². The number of aliphatic imine (C=N–C) groups is 2. The molecule has 10 heteroatoms. The van der Waals surface area contributed by atoms with Crippen LogP contribution in [0, 0.1) is 11.7 Å². The monoisotopic (exact) mass is 486 g/mol. The molecule has 0 aliphatic carbocycles. The van der Waals surface area contributed by atoms with E-state index < -0.39 is 10.1 Å². The molecule has 1 aromatic carbocycles. The van der Waals surface area contributed by atoms with Crippen LogP contribution in [0.1, 0.15) is 31.9 Å². The topological polar surface area (TPSA) is 92.2 Å². The van der Waals surface area contributed by atoms with E-state index in [1.54, 1.807) is 19.2 Å². The molecule has 1 atom stereocenters. The maximum Gasteiger partial charge on any atom is 0.315 e. The lowest BCUT2D eigenvalue weighted by Crippen LogP contribution is -2.48. The second-order valence-corrected chi connectivity index (χ2v) is 8.63. The molecule has 1 unspecified atom stereocenters. The van der Waals surface area contributed by atoms with Gasteiger partial charge < -0.3 is 15.4 Å². The number of thioether (sulfide) groups is 1. The van der Waals surface area contributed by atoms with Gasteiger partial charge in [-0.25, -0.2) is 9.18 Å². The molecular formula is C19H24BrFN4O3S. The van der Waals surface area contributed by atoms with Crippen LogP contribution in [-0.4, -0.2) is 40.1 Å². The molecule has 1 aliphatic rings. The van der Waals surface area contributed by atoms with Crippen LogP contribution in [0.5, 0.6) is 0 Å². The van der Waals surface area contributed by atoms with E-state index in [0.29, 0.717) is 22.8 Å². The number of hydrogen-bond acceptors (Lipinski definition) is 5. The highest BCUT2D eigenvalue weighted by Gasteiger charge is 2.48. The SMILES string of the molecule is CCNC(=O)NCc1cc(F)ccc1COC1=NC(SC)=NC(=O)C1(Br)C(C)C. The van der Waals surface area contributed by atoms with Gasteiger partial charge in [0.05, 0.1) is 0 Å². The zero-order chi connectivity index (χ0) is 21.6. The second-order valence-electron chi connectivity index (χ2n) is 6.60. The number of amides is 3. The number of halogens is 2. The van der Waals surface area contributed by atoms with Crippen molar-refractivity contribution in [2.75, 3.05) is 12.8 Å². The normalized spacial score (nSPS) is 18.9. The Balaban J connectivity index is 2.23. The van der Waals surface area contributed by atoms with E-state index in [9.17, 15) is 14.0 Å². The Kier molecular flexibility index (Phi) is 8.21. The number of hydrogen-bond donors (Lipinski definition) is 2. The summed E-state index contributed by atoms with van der Waals surface area (Å²) in [7, 11) is 0. The largest absolute Gasteiger partial charge is 0.474 e. The third kappa shape index (κ3) is 5.57. The van der Waals surface area contributed by atoms with Gasteiger partial charge in [0.2, 0.25) is 5.90 Å². The molecule has 7 nitrogen and oxygen atoms in total. The highest BCUT2D eigenvalue weighted by molar-refractivity contribution is 9.10. The summed E-state index contributed by atoms with van der Waals surface area (Å²) in [5, 5.41) is 5.61. The average molecular weight is 487 g/mol. The van der Waals surface area contributed by atoms with Crippen LogP contribution in [0.25, 0.3) is 0 Å². The minimum atomic E-state index is -1.16. The van der Waals surface area contributed by atoms with Crippen LogP contribution in [0.4, 0.5) is 9.18 Å². The fourth-order valence-corrected chi connectivity index (χ4v) is 3.26. The van der Waals surface area contributed by atoms with E-state index in [1.807, 2.05) is 13.8 Å². The molecule has 0 bridgehead atoms. The van der Waals surface area contributed by atoms with Gasteiger partial charge in [-0.2, -0.15) is 9.98 Å². The minimum Gasteiger partial charge on any atom is -0.474 e. The van der Waals surface area contributed by atoms with Gasteiger partial charge in [0.1, 0.15) is 12.4 Å². The molecule has 29 heavy (non-hydrogen) atoms. The number of benzene rings is 1. The standard InChI is InChI=1S/C19H24BrFN4O3S/c1-5-22-17(27)23-9-13-8-14(21)7-6-12(13)10-28-16-19(20,11(2)3)15(26)24-18(25-16)29-4/h6-8,11H,5,9-10H2,1-4H3,(H2,22,23,27). The lowest BCUT2D eigenvalue weighted by Gasteiger charge is -2.31. The summed E-state index contributed by atoms with van der Waals surface area (Å²) in [5.41, 5.74) is 1.24.